The monoisotopic (exact) mass is 438 g/mol. The molecular weight excluding hydrogens is 425 g/mol. The molecule has 0 aliphatic carbocycles. The number of amides is 1. The van der Waals surface area contributed by atoms with Crippen molar-refractivity contribution >= 4 is 34.8 Å². The molecule has 1 N–H and O–H groups in total. The Morgan fingerprint density at radius 2 is 2.17 bits per heavy atom. The summed E-state index contributed by atoms with van der Waals surface area (Å²) in [6.45, 7) is 3.15. The number of thiophene rings is 1. The zero-order chi connectivity index (χ0) is 21.2. The van der Waals surface area contributed by atoms with Crippen molar-refractivity contribution in [3.63, 3.8) is 0 Å². The fourth-order valence-corrected chi connectivity index (χ4v) is 3.97. The molecule has 1 unspecified atom stereocenters. The average Bonchev–Trinajstić information content (AvgIpc) is 3.32. The number of aryl methyl sites for hydroxylation is 1. The number of nitriles is 1. The van der Waals surface area contributed by atoms with Crippen molar-refractivity contribution in [1.82, 2.24) is 10.1 Å². The second kappa shape index (κ2) is 8.26. The van der Waals surface area contributed by atoms with Gasteiger partial charge in [-0.15, -0.1) is 11.3 Å². The van der Waals surface area contributed by atoms with Crippen molar-refractivity contribution in [2.45, 2.75) is 30.3 Å². The maximum Gasteiger partial charge on any atom is 0.417 e. The van der Waals surface area contributed by atoms with Gasteiger partial charge in [-0.25, -0.2) is 4.98 Å². The molecule has 150 valence electrons. The fourth-order valence-electron chi connectivity index (χ4n) is 2.36. The third-order valence-electron chi connectivity index (χ3n) is 3.71. The van der Waals surface area contributed by atoms with Crippen LogP contribution >= 0.6 is 23.1 Å². The summed E-state index contributed by atoms with van der Waals surface area (Å²) in [7, 11) is 0. The molecule has 0 aliphatic heterocycles. The van der Waals surface area contributed by atoms with Crippen LogP contribution in [0.5, 0.6) is 0 Å². The maximum absolute atomic E-state index is 13.5. The van der Waals surface area contributed by atoms with Gasteiger partial charge >= 0.3 is 6.18 Å². The van der Waals surface area contributed by atoms with Crippen LogP contribution in [0.4, 0.5) is 19.0 Å². The van der Waals surface area contributed by atoms with E-state index in [2.05, 4.69) is 15.5 Å². The molecule has 0 saturated heterocycles. The van der Waals surface area contributed by atoms with E-state index in [-0.39, 0.29) is 16.5 Å². The number of nitrogens with zero attached hydrogens (tertiary/aromatic N) is 3. The molecule has 0 spiro atoms. The van der Waals surface area contributed by atoms with Crippen LogP contribution in [0.15, 0.2) is 39.2 Å². The van der Waals surface area contributed by atoms with Crippen LogP contribution in [-0.4, -0.2) is 21.3 Å². The van der Waals surface area contributed by atoms with E-state index in [0.29, 0.717) is 10.6 Å². The van der Waals surface area contributed by atoms with Crippen LogP contribution < -0.4 is 5.32 Å². The fraction of sp³-hybridized carbons (Fsp3) is 0.222. The zero-order valence-electron chi connectivity index (χ0n) is 15.1. The molecule has 0 saturated carbocycles. The number of hydrogen-bond acceptors (Lipinski definition) is 7. The maximum atomic E-state index is 13.5. The first-order valence-corrected chi connectivity index (χ1v) is 9.92. The van der Waals surface area contributed by atoms with Gasteiger partial charge in [0.05, 0.1) is 26.9 Å². The Labute approximate surface area is 171 Å². The molecule has 3 aromatic rings. The van der Waals surface area contributed by atoms with Crippen molar-refractivity contribution in [1.29, 1.82) is 5.26 Å². The van der Waals surface area contributed by atoms with E-state index in [4.69, 9.17) is 4.52 Å². The third kappa shape index (κ3) is 4.78. The van der Waals surface area contributed by atoms with Crippen molar-refractivity contribution in [2.75, 3.05) is 5.32 Å². The molecule has 1 amide bonds. The van der Waals surface area contributed by atoms with Gasteiger partial charge in [0.15, 0.2) is 5.82 Å². The Morgan fingerprint density at radius 1 is 1.41 bits per heavy atom. The third-order valence-corrected chi connectivity index (χ3v) is 5.69. The van der Waals surface area contributed by atoms with E-state index in [0.717, 1.165) is 17.8 Å². The van der Waals surface area contributed by atoms with Crippen molar-refractivity contribution in [3.05, 3.63) is 46.5 Å². The van der Waals surface area contributed by atoms with Crippen LogP contribution in [0.1, 0.15) is 23.8 Å². The second-order valence-electron chi connectivity index (χ2n) is 5.89. The summed E-state index contributed by atoms with van der Waals surface area (Å²) in [4.78, 5) is 17.1. The minimum atomic E-state index is -4.74. The quantitative estimate of drug-likeness (QED) is 0.556. The summed E-state index contributed by atoms with van der Waals surface area (Å²) in [6, 6.07) is 7.27. The number of thioether (sulfide) groups is 1. The van der Waals surface area contributed by atoms with Crippen LogP contribution in [0.25, 0.3) is 10.6 Å². The SMILES string of the molecule is Cc1cc(NC(=O)C(C)Sc2nc(-c3cccs3)cc(C(F)(F)F)c2C#N)no1. The average molecular weight is 438 g/mol. The molecular formula is C18H13F3N4O2S2. The molecule has 0 aromatic carbocycles. The predicted octanol–water partition coefficient (Wildman–Crippen LogP) is 5.12. The van der Waals surface area contributed by atoms with Gasteiger partial charge in [0, 0.05) is 6.07 Å². The Bertz CT molecular complexity index is 1070. The van der Waals surface area contributed by atoms with Gasteiger partial charge in [-0.05, 0) is 31.4 Å². The lowest BCUT2D eigenvalue weighted by Crippen LogP contribution is -2.23. The van der Waals surface area contributed by atoms with E-state index >= 15 is 0 Å². The van der Waals surface area contributed by atoms with Crippen LogP contribution in [0.2, 0.25) is 0 Å². The van der Waals surface area contributed by atoms with Gasteiger partial charge in [0.2, 0.25) is 5.91 Å². The number of carbonyl (C=O) groups excluding carboxylic acids is 1. The first-order chi connectivity index (χ1) is 13.7. The number of nitrogens with one attached hydrogen (secondary N) is 1. The number of hydrogen-bond donors (Lipinski definition) is 1. The first-order valence-electron chi connectivity index (χ1n) is 8.16. The smallest absolute Gasteiger partial charge is 0.360 e. The largest absolute Gasteiger partial charge is 0.417 e. The van der Waals surface area contributed by atoms with Crippen LogP contribution in [0.3, 0.4) is 0 Å². The normalized spacial score (nSPS) is 12.4. The number of halogens is 3. The second-order valence-corrected chi connectivity index (χ2v) is 8.17. The molecule has 1 atom stereocenters. The highest BCUT2D eigenvalue weighted by Crippen LogP contribution is 2.39. The van der Waals surface area contributed by atoms with Gasteiger partial charge < -0.3 is 9.84 Å². The number of anilines is 1. The molecule has 11 heteroatoms. The molecule has 0 fully saturated rings. The van der Waals surface area contributed by atoms with Crippen LogP contribution in [-0.2, 0) is 11.0 Å². The molecule has 6 nitrogen and oxygen atoms in total. The summed E-state index contributed by atoms with van der Waals surface area (Å²) in [5, 5.41) is 16.2. The van der Waals surface area contributed by atoms with Crippen molar-refractivity contribution in [3.8, 4) is 16.6 Å². The van der Waals surface area contributed by atoms with Crippen molar-refractivity contribution in [2.24, 2.45) is 0 Å². The highest BCUT2D eigenvalue weighted by atomic mass is 32.2. The molecule has 0 radical (unpaired) electrons. The lowest BCUT2D eigenvalue weighted by molar-refractivity contribution is -0.138. The van der Waals surface area contributed by atoms with Gasteiger partial charge in [0.25, 0.3) is 0 Å². The predicted molar refractivity (Wildman–Crippen MR) is 102 cm³/mol. The lowest BCUT2D eigenvalue weighted by atomic mass is 10.1. The summed E-state index contributed by atoms with van der Waals surface area (Å²) < 4.78 is 45.5. The highest BCUT2D eigenvalue weighted by molar-refractivity contribution is 8.00. The number of pyridine rings is 1. The Kier molecular flexibility index (Phi) is 5.95. The van der Waals surface area contributed by atoms with Crippen LogP contribution in [0, 0.1) is 18.3 Å². The van der Waals surface area contributed by atoms with E-state index in [1.54, 1.807) is 30.5 Å². The minimum Gasteiger partial charge on any atom is -0.360 e. The first kappa shape index (κ1) is 20.9. The van der Waals surface area contributed by atoms with E-state index < -0.39 is 28.5 Å². The Hall–Kier alpha value is -2.84. The molecule has 0 aliphatic rings. The lowest BCUT2D eigenvalue weighted by Gasteiger charge is -2.16. The van der Waals surface area contributed by atoms with Gasteiger partial charge in [0.1, 0.15) is 16.9 Å². The van der Waals surface area contributed by atoms with Gasteiger partial charge in [-0.3, -0.25) is 4.79 Å². The summed E-state index contributed by atoms with van der Waals surface area (Å²) >= 11 is 2.00. The molecule has 3 rings (SSSR count). The topological polar surface area (TPSA) is 91.8 Å². The van der Waals surface area contributed by atoms with Crippen molar-refractivity contribution < 1.29 is 22.5 Å². The van der Waals surface area contributed by atoms with E-state index in [1.165, 1.54) is 24.3 Å². The minimum absolute atomic E-state index is 0.0913. The molecule has 3 heterocycles. The Balaban J connectivity index is 1.95. The molecule has 29 heavy (non-hydrogen) atoms. The van der Waals surface area contributed by atoms with E-state index in [9.17, 15) is 23.2 Å². The summed E-state index contributed by atoms with van der Waals surface area (Å²) in [6.07, 6.45) is -4.74. The summed E-state index contributed by atoms with van der Waals surface area (Å²) in [5.41, 5.74) is -1.60. The standard InChI is InChI=1S/C18H13F3N4O2S2/c1-9-6-15(25-27-9)24-16(26)10(2)29-17-11(8-22)12(18(19,20)21)7-13(23-17)14-4-3-5-28-14/h3-7,10H,1-2H3,(H,24,25,26). The summed E-state index contributed by atoms with van der Waals surface area (Å²) in [5.74, 6) is 0.174. The molecule has 0 bridgehead atoms. The van der Waals surface area contributed by atoms with Gasteiger partial charge in [-0.2, -0.15) is 18.4 Å². The number of rotatable bonds is 5. The van der Waals surface area contributed by atoms with Gasteiger partial charge in [-0.1, -0.05) is 23.0 Å². The zero-order valence-corrected chi connectivity index (χ0v) is 16.7. The number of carbonyl (C=O) groups is 1. The molecule has 3 aromatic heterocycles. The number of aromatic nitrogens is 2. The Morgan fingerprint density at radius 3 is 2.72 bits per heavy atom. The highest BCUT2D eigenvalue weighted by Gasteiger charge is 2.36. The van der Waals surface area contributed by atoms with E-state index in [1.807, 2.05) is 0 Å². The number of alkyl halides is 3.